The first-order valence-electron chi connectivity index (χ1n) is 5.83. The van der Waals surface area contributed by atoms with Crippen LogP contribution in [0.3, 0.4) is 0 Å². The smallest absolute Gasteiger partial charge is 0.334 e. The number of nitro groups is 1. The van der Waals surface area contributed by atoms with Crippen molar-refractivity contribution in [2.75, 3.05) is 19.4 Å². The first-order chi connectivity index (χ1) is 9.87. The molecule has 1 aliphatic rings. The monoisotopic (exact) mass is 332 g/mol. The van der Waals surface area contributed by atoms with Crippen LogP contribution in [-0.2, 0) is 19.6 Å². The maximum Gasteiger partial charge on any atom is 0.334 e. The van der Waals surface area contributed by atoms with Crippen LogP contribution in [0.1, 0.15) is 0 Å². The molecule has 1 unspecified atom stereocenters. The molecule has 1 saturated heterocycles. The van der Waals surface area contributed by atoms with E-state index in [1.54, 1.807) is 0 Å². The van der Waals surface area contributed by atoms with Crippen LogP contribution in [0, 0.1) is 10.1 Å². The van der Waals surface area contributed by atoms with Crippen molar-refractivity contribution in [2.45, 2.75) is 10.3 Å². The van der Waals surface area contributed by atoms with Crippen molar-refractivity contribution < 1.29 is 22.9 Å². The Morgan fingerprint density at radius 3 is 2.57 bits per heavy atom. The fraction of sp³-hybridized carbons (Fsp3) is 0.364. The van der Waals surface area contributed by atoms with E-state index in [2.05, 4.69) is 4.74 Å². The lowest BCUT2D eigenvalue weighted by atomic mass is 10.3. The van der Waals surface area contributed by atoms with Gasteiger partial charge in [0.2, 0.25) is 10.0 Å². The quantitative estimate of drug-likeness (QED) is 0.456. The number of benzene rings is 1. The predicted octanol–water partition coefficient (Wildman–Crippen LogP) is 0.831. The summed E-state index contributed by atoms with van der Waals surface area (Å²) in [5.74, 6) is -0.158. The molecule has 0 aromatic heterocycles. The summed E-state index contributed by atoms with van der Waals surface area (Å²) in [6.07, 6.45) is 0. The highest BCUT2D eigenvalue weighted by molar-refractivity contribution is 8.02. The fourth-order valence-electron chi connectivity index (χ4n) is 1.86. The third kappa shape index (κ3) is 3.01. The number of thioether (sulfide) groups is 1. The highest BCUT2D eigenvalue weighted by atomic mass is 32.2. The van der Waals surface area contributed by atoms with Crippen LogP contribution in [0.4, 0.5) is 5.69 Å². The minimum Gasteiger partial charge on any atom is -0.467 e. The zero-order chi connectivity index (χ0) is 15.6. The molecule has 1 aromatic rings. The van der Waals surface area contributed by atoms with Crippen LogP contribution >= 0.6 is 11.8 Å². The third-order valence-electron chi connectivity index (χ3n) is 2.91. The van der Waals surface area contributed by atoms with Gasteiger partial charge < -0.3 is 4.74 Å². The Kier molecular flexibility index (Phi) is 4.49. The Bertz CT molecular complexity index is 658. The molecular formula is C11H12N2O6S2. The van der Waals surface area contributed by atoms with Gasteiger partial charge in [-0.25, -0.2) is 13.2 Å². The minimum atomic E-state index is -3.90. The molecule has 0 radical (unpaired) electrons. The van der Waals surface area contributed by atoms with Gasteiger partial charge in [-0.3, -0.25) is 10.1 Å². The Morgan fingerprint density at radius 2 is 2.05 bits per heavy atom. The van der Waals surface area contributed by atoms with E-state index in [-0.39, 0.29) is 17.1 Å². The number of carbonyl (C=O) groups is 1. The number of esters is 1. The molecule has 10 heteroatoms. The molecule has 8 nitrogen and oxygen atoms in total. The molecule has 1 aromatic carbocycles. The Hall–Kier alpha value is -1.65. The van der Waals surface area contributed by atoms with E-state index in [1.165, 1.54) is 18.9 Å². The van der Waals surface area contributed by atoms with Crippen LogP contribution in [0.15, 0.2) is 29.2 Å². The second-order valence-electron chi connectivity index (χ2n) is 4.11. The second kappa shape index (κ2) is 6.00. The van der Waals surface area contributed by atoms with Gasteiger partial charge >= 0.3 is 5.97 Å². The number of nitro benzene ring substituents is 1. The molecule has 0 bridgehead atoms. The molecule has 0 saturated carbocycles. The van der Waals surface area contributed by atoms with E-state index in [0.29, 0.717) is 5.75 Å². The van der Waals surface area contributed by atoms with Crippen LogP contribution in [0.2, 0.25) is 0 Å². The van der Waals surface area contributed by atoms with E-state index in [1.807, 2.05) is 0 Å². The number of nitrogens with zero attached hydrogens (tertiary/aromatic N) is 2. The summed E-state index contributed by atoms with van der Waals surface area (Å²) in [4.78, 5) is 21.5. The van der Waals surface area contributed by atoms with Gasteiger partial charge in [0.05, 0.1) is 16.9 Å². The maximum atomic E-state index is 12.5. The molecule has 1 fully saturated rings. The lowest BCUT2D eigenvalue weighted by Gasteiger charge is -2.21. The first-order valence-corrected chi connectivity index (χ1v) is 8.32. The molecule has 0 N–H and O–H groups in total. The number of carbonyl (C=O) groups excluding carboxylic acids is 1. The molecule has 0 aliphatic carbocycles. The molecule has 21 heavy (non-hydrogen) atoms. The van der Waals surface area contributed by atoms with Crippen molar-refractivity contribution >= 4 is 33.4 Å². The van der Waals surface area contributed by atoms with Gasteiger partial charge in [-0.15, -0.1) is 11.8 Å². The molecule has 1 heterocycles. The lowest BCUT2D eigenvalue weighted by Crippen LogP contribution is -2.39. The average molecular weight is 332 g/mol. The molecule has 0 spiro atoms. The van der Waals surface area contributed by atoms with E-state index in [4.69, 9.17) is 0 Å². The van der Waals surface area contributed by atoms with Gasteiger partial charge in [-0.05, 0) is 12.1 Å². The lowest BCUT2D eigenvalue weighted by molar-refractivity contribution is -0.384. The van der Waals surface area contributed by atoms with Crippen molar-refractivity contribution in [3.05, 3.63) is 34.4 Å². The number of hydrogen-bond acceptors (Lipinski definition) is 7. The summed E-state index contributed by atoms with van der Waals surface area (Å²) < 4.78 is 30.6. The van der Waals surface area contributed by atoms with Gasteiger partial charge in [-0.2, -0.15) is 4.31 Å². The highest BCUT2D eigenvalue weighted by Crippen LogP contribution is 2.31. The van der Waals surface area contributed by atoms with Crippen molar-refractivity contribution in [1.29, 1.82) is 0 Å². The fourth-order valence-corrected chi connectivity index (χ4v) is 4.95. The largest absolute Gasteiger partial charge is 0.467 e. The normalized spacial score (nSPS) is 19.4. The summed E-state index contributed by atoms with van der Waals surface area (Å²) in [5, 5.41) is 9.66. The summed E-state index contributed by atoms with van der Waals surface area (Å²) in [6, 6.07) is 4.54. The standard InChI is InChI=1S/C11H12N2O6S2/c1-19-11(14)10-12(6-7-20-10)21(17,18)9-4-2-8(3-5-9)13(15)16/h2-5,10H,6-7H2,1H3. The number of hydrogen-bond donors (Lipinski definition) is 0. The maximum absolute atomic E-state index is 12.5. The van der Waals surface area contributed by atoms with Crippen molar-refractivity contribution in [3.8, 4) is 0 Å². The van der Waals surface area contributed by atoms with Gasteiger partial charge in [0.1, 0.15) is 0 Å². The van der Waals surface area contributed by atoms with E-state index < -0.39 is 26.3 Å². The van der Waals surface area contributed by atoms with E-state index >= 15 is 0 Å². The number of rotatable bonds is 4. The van der Waals surface area contributed by atoms with Gasteiger partial charge in [0, 0.05) is 24.4 Å². The topological polar surface area (TPSA) is 107 Å². The summed E-state index contributed by atoms with van der Waals surface area (Å²) in [5.41, 5.74) is -0.200. The second-order valence-corrected chi connectivity index (χ2v) is 7.19. The number of methoxy groups -OCH3 is 1. The first kappa shape index (κ1) is 15.7. The van der Waals surface area contributed by atoms with Crippen LogP contribution < -0.4 is 0 Å². The Balaban J connectivity index is 2.32. The van der Waals surface area contributed by atoms with E-state index in [0.717, 1.165) is 28.6 Å². The predicted molar refractivity (Wildman–Crippen MR) is 75.3 cm³/mol. The van der Waals surface area contributed by atoms with Crippen molar-refractivity contribution in [2.24, 2.45) is 0 Å². The zero-order valence-corrected chi connectivity index (χ0v) is 12.6. The van der Waals surface area contributed by atoms with Crippen molar-refractivity contribution in [1.82, 2.24) is 4.31 Å². The van der Waals surface area contributed by atoms with Gasteiger partial charge in [-0.1, -0.05) is 0 Å². The Labute approximate surface area is 125 Å². The van der Waals surface area contributed by atoms with E-state index in [9.17, 15) is 23.3 Å². The zero-order valence-electron chi connectivity index (χ0n) is 11.0. The number of ether oxygens (including phenoxy) is 1. The number of sulfonamides is 1. The van der Waals surface area contributed by atoms with Crippen LogP contribution in [0.5, 0.6) is 0 Å². The van der Waals surface area contributed by atoms with Gasteiger partial charge in [0.25, 0.3) is 5.69 Å². The van der Waals surface area contributed by atoms with Crippen LogP contribution in [-0.4, -0.2) is 48.4 Å². The summed E-state index contributed by atoms with van der Waals surface area (Å²) in [6.45, 7) is 0.184. The highest BCUT2D eigenvalue weighted by Gasteiger charge is 2.40. The molecule has 1 aliphatic heterocycles. The number of non-ortho nitro benzene ring substituents is 1. The molecule has 2 rings (SSSR count). The minimum absolute atomic E-state index is 0.0931. The molecule has 0 amide bonds. The molecular weight excluding hydrogens is 320 g/mol. The van der Waals surface area contributed by atoms with Gasteiger partial charge in [0.15, 0.2) is 5.37 Å². The SMILES string of the molecule is COC(=O)C1SCCN1S(=O)(=O)c1ccc([N+](=O)[O-])cc1. The third-order valence-corrected chi connectivity index (χ3v) is 6.10. The Morgan fingerprint density at radius 1 is 1.43 bits per heavy atom. The van der Waals surface area contributed by atoms with Crippen LogP contribution in [0.25, 0.3) is 0 Å². The average Bonchev–Trinajstić information content (AvgIpc) is 2.96. The van der Waals surface area contributed by atoms with Crippen molar-refractivity contribution in [3.63, 3.8) is 0 Å². The molecule has 114 valence electrons. The summed E-state index contributed by atoms with van der Waals surface area (Å²) >= 11 is 1.18. The molecule has 1 atom stereocenters. The summed E-state index contributed by atoms with van der Waals surface area (Å²) in [7, 11) is -2.70.